The highest BCUT2D eigenvalue weighted by Crippen LogP contribution is 2.15. The van der Waals surface area contributed by atoms with Crippen LogP contribution in [0.5, 0.6) is 0 Å². The lowest BCUT2D eigenvalue weighted by Crippen LogP contribution is -2.46. The molecule has 0 bridgehead atoms. The van der Waals surface area contributed by atoms with Crippen LogP contribution in [0.4, 0.5) is 0 Å². The van der Waals surface area contributed by atoms with Gasteiger partial charge in [0.05, 0.1) is 0 Å². The Kier molecular flexibility index (Phi) is 4.34. The van der Waals surface area contributed by atoms with Gasteiger partial charge in [-0.15, -0.1) is 0 Å². The predicted octanol–water partition coefficient (Wildman–Crippen LogP) is 2.23. The van der Waals surface area contributed by atoms with Gasteiger partial charge in [0, 0.05) is 36.8 Å². The molecule has 1 aliphatic rings. The summed E-state index contributed by atoms with van der Waals surface area (Å²) in [5.74, 6) is 0.00977. The topological polar surface area (TPSA) is 58.1 Å². The van der Waals surface area contributed by atoms with E-state index in [2.05, 4.69) is 29.1 Å². The Morgan fingerprint density at radius 1 is 1.27 bits per heavy atom. The second kappa shape index (κ2) is 6.40. The summed E-state index contributed by atoms with van der Waals surface area (Å²) in [5.41, 5.74) is 1.12. The van der Waals surface area contributed by atoms with E-state index in [0.29, 0.717) is 23.4 Å². The first-order valence-electron chi connectivity index (χ1n) is 7.90. The average Bonchev–Trinajstić information content (AvgIpc) is 2.54. The maximum absolute atomic E-state index is 12.6. The molecule has 0 unspecified atom stereocenters. The fraction of sp³-hybridized carbons (Fsp3) is 0.471. The highest BCUT2D eigenvalue weighted by Gasteiger charge is 2.24. The average molecular weight is 298 g/mol. The number of aromatic nitrogens is 2. The summed E-state index contributed by atoms with van der Waals surface area (Å²) in [6.07, 6.45) is 3.69. The number of carbonyl (C=O) groups excluding carboxylic acids is 1. The Bertz CT molecular complexity index is 663. The molecule has 5 heteroatoms. The van der Waals surface area contributed by atoms with Crippen molar-refractivity contribution in [3.05, 3.63) is 36.2 Å². The molecular weight excluding hydrogens is 276 g/mol. The quantitative estimate of drug-likeness (QED) is 0.944. The first-order chi connectivity index (χ1) is 10.6. The number of hydrogen-bond acceptors (Lipinski definition) is 4. The number of nitrogens with zero attached hydrogens (tertiary/aromatic N) is 3. The number of piperidine rings is 1. The molecule has 1 N–H and O–H groups in total. The van der Waals surface area contributed by atoms with Gasteiger partial charge in [-0.05, 0) is 37.1 Å². The molecule has 0 aromatic carbocycles. The Hall–Kier alpha value is -2.01. The van der Waals surface area contributed by atoms with Crippen LogP contribution in [-0.4, -0.2) is 45.9 Å². The van der Waals surface area contributed by atoms with Gasteiger partial charge in [0.25, 0.3) is 5.91 Å². The third-order valence-corrected chi connectivity index (χ3v) is 4.03. The minimum atomic E-state index is 0.00977. The molecule has 22 heavy (non-hydrogen) atoms. The third-order valence-electron chi connectivity index (χ3n) is 4.03. The molecule has 0 aliphatic carbocycles. The highest BCUT2D eigenvalue weighted by molar-refractivity contribution is 5.94. The van der Waals surface area contributed by atoms with Gasteiger partial charge in [0.2, 0.25) is 0 Å². The van der Waals surface area contributed by atoms with E-state index in [1.165, 1.54) is 0 Å². The fourth-order valence-corrected chi connectivity index (χ4v) is 2.95. The molecule has 3 rings (SSSR count). The lowest BCUT2D eigenvalue weighted by atomic mass is 10.0. The van der Waals surface area contributed by atoms with Crippen LogP contribution in [-0.2, 0) is 0 Å². The smallest absolute Gasteiger partial charge is 0.272 e. The zero-order valence-electron chi connectivity index (χ0n) is 13.1. The normalized spacial score (nSPS) is 16.4. The zero-order valence-corrected chi connectivity index (χ0v) is 13.1. The van der Waals surface area contributed by atoms with Gasteiger partial charge in [-0.2, -0.15) is 0 Å². The van der Waals surface area contributed by atoms with Crippen LogP contribution in [0.2, 0.25) is 0 Å². The second-order valence-electron chi connectivity index (χ2n) is 6.13. The number of pyridine rings is 2. The summed E-state index contributed by atoms with van der Waals surface area (Å²) in [4.78, 5) is 23.1. The maximum atomic E-state index is 12.6. The Morgan fingerprint density at radius 2 is 2.05 bits per heavy atom. The van der Waals surface area contributed by atoms with Crippen molar-refractivity contribution in [1.82, 2.24) is 20.2 Å². The van der Waals surface area contributed by atoms with Crippen LogP contribution >= 0.6 is 0 Å². The summed E-state index contributed by atoms with van der Waals surface area (Å²) in [5, 5.41) is 4.50. The molecule has 116 valence electrons. The number of rotatable bonds is 3. The maximum Gasteiger partial charge on any atom is 0.272 e. The van der Waals surface area contributed by atoms with E-state index in [9.17, 15) is 4.79 Å². The zero-order chi connectivity index (χ0) is 15.5. The van der Waals surface area contributed by atoms with Gasteiger partial charge in [0.15, 0.2) is 5.65 Å². The van der Waals surface area contributed by atoms with E-state index >= 15 is 0 Å². The second-order valence-corrected chi connectivity index (χ2v) is 6.13. The molecule has 1 fully saturated rings. The predicted molar refractivity (Wildman–Crippen MR) is 86.7 cm³/mol. The number of nitrogens with one attached hydrogen (secondary N) is 1. The first-order valence-corrected chi connectivity index (χ1v) is 7.90. The standard InChI is InChI=1S/C17H22N4O/c1-12(2)19-14-7-10-21(11-8-14)17(22)15-6-5-13-4-3-9-18-16(13)20-15/h3-6,9,12,14,19H,7-8,10-11H2,1-2H3. The van der Waals surface area contributed by atoms with Crippen molar-refractivity contribution in [3.8, 4) is 0 Å². The van der Waals surface area contributed by atoms with Gasteiger partial charge >= 0.3 is 0 Å². The van der Waals surface area contributed by atoms with Crippen molar-refractivity contribution in [2.75, 3.05) is 13.1 Å². The summed E-state index contributed by atoms with van der Waals surface area (Å²) < 4.78 is 0. The molecule has 2 aromatic rings. The van der Waals surface area contributed by atoms with E-state index in [0.717, 1.165) is 31.3 Å². The van der Waals surface area contributed by atoms with Crippen molar-refractivity contribution in [2.45, 2.75) is 38.8 Å². The summed E-state index contributed by atoms with van der Waals surface area (Å²) in [7, 11) is 0. The van der Waals surface area contributed by atoms with E-state index in [1.54, 1.807) is 12.3 Å². The number of amides is 1. The van der Waals surface area contributed by atoms with Crippen LogP contribution in [0.1, 0.15) is 37.2 Å². The van der Waals surface area contributed by atoms with Crippen molar-refractivity contribution < 1.29 is 4.79 Å². The summed E-state index contributed by atoms with van der Waals surface area (Å²) >= 11 is 0. The van der Waals surface area contributed by atoms with E-state index in [4.69, 9.17) is 0 Å². The Morgan fingerprint density at radius 3 is 2.77 bits per heavy atom. The Balaban J connectivity index is 1.68. The van der Waals surface area contributed by atoms with Crippen molar-refractivity contribution in [3.63, 3.8) is 0 Å². The molecular formula is C17H22N4O. The molecule has 2 aromatic heterocycles. The number of hydrogen-bond donors (Lipinski definition) is 1. The summed E-state index contributed by atoms with van der Waals surface area (Å²) in [6, 6.07) is 8.53. The van der Waals surface area contributed by atoms with Crippen molar-refractivity contribution in [2.24, 2.45) is 0 Å². The number of carbonyl (C=O) groups is 1. The minimum Gasteiger partial charge on any atom is -0.337 e. The molecule has 0 radical (unpaired) electrons. The number of fused-ring (bicyclic) bond motifs is 1. The largest absolute Gasteiger partial charge is 0.337 e. The van der Waals surface area contributed by atoms with Crippen LogP contribution in [0.25, 0.3) is 11.0 Å². The molecule has 0 atom stereocenters. The van der Waals surface area contributed by atoms with E-state index in [1.807, 2.05) is 23.1 Å². The van der Waals surface area contributed by atoms with Gasteiger partial charge in [-0.3, -0.25) is 4.79 Å². The molecule has 1 aliphatic heterocycles. The SMILES string of the molecule is CC(C)NC1CCN(C(=O)c2ccc3cccnc3n2)CC1. The minimum absolute atomic E-state index is 0.00977. The molecule has 0 spiro atoms. The van der Waals surface area contributed by atoms with Gasteiger partial charge in [-0.1, -0.05) is 13.8 Å². The van der Waals surface area contributed by atoms with Crippen LogP contribution in [0.15, 0.2) is 30.5 Å². The van der Waals surface area contributed by atoms with Gasteiger partial charge < -0.3 is 10.2 Å². The van der Waals surface area contributed by atoms with Gasteiger partial charge in [-0.25, -0.2) is 9.97 Å². The lowest BCUT2D eigenvalue weighted by molar-refractivity contribution is 0.0697. The number of likely N-dealkylation sites (tertiary alicyclic amines) is 1. The van der Waals surface area contributed by atoms with E-state index in [-0.39, 0.29) is 5.91 Å². The van der Waals surface area contributed by atoms with Crippen molar-refractivity contribution in [1.29, 1.82) is 0 Å². The Labute approximate surface area is 130 Å². The summed E-state index contributed by atoms with van der Waals surface area (Å²) in [6.45, 7) is 5.88. The van der Waals surface area contributed by atoms with Crippen LogP contribution < -0.4 is 5.32 Å². The molecule has 1 amide bonds. The lowest BCUT2D eigenvalue weighted by Gasteiger charge is -2.33. The first kappa shape index (κ1) is 14.9. The molecule has 1 saturated heterocycles. The van der Waals surface area contributed by atoms with Crippen LogP contribution in [0, 0.1) is 0 Å². The van der Waals surface area contributed by atoms with E-state index < -0.39 is 0 Å². The molecule has 3 heterocycles. The van der Waals surface area contributed by atoms with Crippen LogP contribution in [0.3, 0.4) is 0 Å². The highest BCUT2D eigenvalue weighted by atomic mass is 16.2. The van der Waals surface area contributed by atoms with Gasteiger partial charge in [0.1, 0.15) is 5.69 Å². The molecule has 5 nitrogen and oxygen atoms in total. The van der Waals surface area contributed by atoms with Crippen molar-refractivity contribution >= 4 is 16.9 Å². The molecule has 0 saturated carbocycles. The fourth-order valence-electron chi connectivity index (χ4n) is 2.95. The monoisotopic (exact) mass is 298 g/mol. The third kappa shape index (κ3) is 3.25.